The molecule has 0 fully saturated rings. The minimum Gasteiger partial charge on any atom is -0.354 e. The Morgan fingerprint density at radius 2 is 2.20 bits per heavy atom. The van der Waals surface area contributed by atoms with Crippen molar-refractivity contribution in [3.05, 3.63) is 47.0 Å². The van der Waals surface area contributed by atoms with Crippen molar-refractivity contribution in [1.29, 1.82) is 0 Å². The van der Waals surface area contributed by atoms with E-state index in [1.54, 1.807) is 32.2 Å². The molecule has 2 rings (SSSR count). The summed E-state index contributed by atoms with van der Waals surface area (Å²) in [6.45, 7) is 3.45. The molecular formula is C14H17FN4O. The molecule has 1 aromatic carbocycles. The first kappa shape index (κ1) is 14.2. The summed E-state index contributed by atoms with van der Waals surface area (Å²) in [5, 5.41) is 6.70. The third-order valence-electron chi connectivity index (χ3n) is 3.09. The Kier molecular flexibility index (Phi) is 3.85. The number of halogens is 1. The largest absolute Gasteiger partial charge is 0.354 e. The Balaban J connectivity index is 2.54. The average Bonchev–Trinajstić information content (AvgIpc) is 2.89. The van der Waals surface area contributed by atoms with Crippen LogP contribution in [0.1, 0.15) is 34.6 Å². The van der Waals surface area contributed by atoms with E-state index in [-0.39, 0.29) is 17.8 Å². The molecule has 1 unspecified atom stereocenters. The Labute approximate surface area is 116 Å². The van der Waals surface area contributed by atoms with Crippen LogP contribution < -0.4 is 11.1 Å². The van der Waals surface area contributed by atoms with Crippen molar-refractivity contribution in [2.75, 3.05) is 7.05 Å². The van der Waals surface area contributed by atoms with Gasteiger partial charge in [-0.25, -0.2) is 9.07 Å². The van der Waals surface area contributed by atoms with Crippen LogP contribution in [-0.2, 0) is 0 Å². The molecule has 0 aliphatic heterocycles. The van der Waals surface area contributed by atoms with E-state index in [0.717, 1.165) is 0 Å². The third-order valence-corrected chi connectivity index (χ3v) is 3.09. The lowest BCUT2D eigenvalue weighted by molar-refractivity contribution is 0.0957. The maximum absolute atomic E-state index is 13.7. The van der Waals surface area contributed by atoms with Crippen molar-refractivity contribution in [2.24, 2.45) is 5.73 Å². The van der Waals surface area contributed by atoms with Crippen LogP contribution in [0.25, 0.3) is 5.69 Å². The van der Waals surface area contributed by atoms with E-state index in [1.165, 1.54) is 17.8 Å². The van der Waals surface area contributed by atoms with Gasteiger partial charge in [0.15, 0.2) is 5.69 Å². The highest BCUT2D eigenvalue weighted by molar-refractivity contribution is 5.91. The van der Waals surface area contributed by atoms with Crippen LogP contribution in [0.15, 0.2) is 24.4 Å². The number of amides is 1. The lowest BCUT2D eigenvalue weighted by Gasteiger charge is -2.14. The van der Waals surface area contributed by atoms with Gasteiger partial charge in [-0.3, -0.25) is 4.79 Å². The van der Waals surface area contributed by atoms with Crippen LogP contribution in [0.3, 0.4) is 0 Å². The van der Waals surface area contributed by atoms with E-state index < -0.39 is 0 Å². The van der Waals surface area contributed by atoms with Crippen molar-refractivity contribution >= 4 is 5.91 Å². The third kappa shape index (κ3) is 2.55. The molecule has 0 aliphatic rings. The fourth-order valence-corrected chi connectivity index (χ4v) is 1.95. The number of carbonyl (C=O) groups excluding carboxylic acids is 1. The molecular weight excluding hydrogens is 259 g/mol. The van der Waals surface area contributed by atoms with E-state index in [1.807, 2.05) is 0 Å². The van der Waals surface area contributed by atoms with Crippen molar-refractivity contribution in [2.45, 2.75) is 19.9 Å². The Bertz CT molecular complexity index is 649. The first-order valence-corrected chi connectivity index (χ1v) is 6.27. The van der Waals surface area contributed by atoms with E-state index in [9.17, 15) is 9.18 Å². The van der Waals surface area contributed by atoms with Crippen LogP contribution in [0.5, 0.6) is 0 Å². The van der Waals surface area contributed by atoms with Gasteiger partial charge in [-0.1, -0.05) is 0 Å². The standard InChI is InChI=1S/C14H17FN4O/c1-8-6-13(10(9(2)16)7-11(8)15)19-5-4-12(18-19)14(20)17-3/h4-7,9H,16H2,1-3H3,(H,17,20). The van der Waals surface area contributed by atoms with E-state index in [2.05, 4.69) is 10.4 Å². The molecule has 0 bridgehead atoms. The van der Waals surface area contributed by atoms with Crippen LogP contribution in [-0.4, -0.2) is 22.7 Å². The van der Waals surface area contributed by atoms with Gasteiger partial charge in [0.1, 0.15) is 5.82 Å². The Morgan fingerprint density at radius 3 is 2.80 bits per heavy atom. The molecule has 1 heterocycles. The molecule has 0 aliphatic carbocycles. The maximum Gasteiger partial charge on any atom is 0.271 e. The van der Waals surface area contributed by atoms with E-state index in [0.29, 0.717) is 22.5 Å². The predicted octanol–water partition coefficient (Wildman–Crippen LogP) is 1.70. The molecule has 1 amide bonds. The van der Waals surface area contributed by atoms with E-state index in [4.69, 9.17) is 5.73 Å². The minimum absolute atomic E-state index is 0.273. The smallest absolute Gasteiger partial charge is 0.271 e. The number of hydrogen-bond donors (Lipinski definition) is 2. The highest BCUT2D eigenvalue weighted by Gasteiger charge is 2.15. The summed E-state index contributed by atoms with van der Waals surface area (Å²) >= 11 is 0. The van der Waals surface area contributed by atoms with Crippen molar-refractivity contribution in [1.82, 2.24) is 15.1 Å². The van der Waals surface area contributed by atoms with E-state index >= 15 is 0 Å². The summed E-state index contributed by atoms with van der Waals surface area (Å²) < 4.78 is 15.2. The number of nitrogens with two attached hydrogens (primary N) is 1. The van der Waals surface area contributed by atoms with Gasteiger partial charge in [0, 0.05) is 19.3 Å². The molecule has 0 spiro atoms. The molecule has 0 radical (unpaired) electrons. The minimum atomic E-state index is -0.340. The van der Waals surface area contributed by atoms with Gasteiger partial charge in [0.2, 0.25) is 0 Å². The Morgan fingerprint density at radius 1 is 1.50 bits per heavy atom. The van der Waals surface area contributed by atoms with Crippen LogP contribution in [0, 0.1) is 12.7 Å². The number of hydrogen-bond acceptors (Lipinski definition) is 3. The van der Waals surface area contributed by atoms with Gasteiger partial charge < -0.3 is 11.1 Å². The second kappa shape index (κ2) is 5.42. The van der Waals surface area contributed by atoms with Crippen LogP contribution >= 0.6 is 0 Å². The molecule has 1 aromatic heterocycles. The van der Waals surface area contributed by atoms with Gasteiger partial charge in [0.25, 0.3) is 5.91 Å². The summed E-state index contributed by atoms with van der Waals surface area (Å²) in [5.41, 5.74) is 7.99. The van der Waals surface area contributed by atoms with Crippen LogP contribution in [0.2, 0.25) is 0 Å². The summed E-state index contributed by atoms with van der Waals surface area (Å²) in [5.74, 6) is -0.579. The lowest BCUT2D eigenvalue weighted by atomic mass is 10.0. The second-order valence-electron chi connectivity index (χ2n) is 4.67. The van der Waals surface area contributed by atoms with Gasteiger partial charge in [-0.15, -0.1) is 0 Å². The van der Waals surface area contributed by atoms with Crippen molar-refractivity contribution < 1.29 is 9.18 Å². The predicted molar refractivity (Wildman–Crippen MR) is 74.3 cm³/mol. The fraction of sp³-hybridized carbons (Fsp3) is 0.286. The SMILES string of the molecule is CNC(=O)c1ccn(-c2cc(C)c(F)cc2C(C)N)n1. The lowest BCUT2D eigenvalue weighted by Crippen LogP contribution is -2.19. The second-order valence-corrected chi connectivity index (χ2v) is 4.67. The summed E-state index contributed by atoms with van der Waals surface area (Å²) in [4.78, 5) is 11.5. The molecule has 2 aromatic rings. The number of aryl methyl sites for hydroxylation is 1. The molecule has 20 heavy (non-hydrogen) atoms. The molecule has 0 saturated heterocycles. The zero-order valence-electron chi connectivity index (χ0n) is 11.6. The normalized spacial score (nSPS) is 12.2. The number of benzene rings is 1. The Hall–Kier alpha value is -2.21. The summed E-state index contributed by atoms with van der Waals surface area (Å²) in [6, 6.07) is 4.35. The topological polar surface area (TPSA) is 72.9 Å². The number of nitrogens with zero attached hydrogens (tertiary/aromatic N) is 2. The number of nitrogens with one attached hydrogen (secondary N) is 1. The van der Waals surface area contributed by atoms with Gasteiger partial charge in [-0.05, 0) is 43.2 Å². The van der Waals surface area contributed by atoms with Crippen molar-refractivity contribution in [3.63, 3.8) is 0 Å². The molecule has 1 atom stereocenters. The quantitative estimate of drug-likeness (QED) is 0.896. The van der Waals surface area contributed by atoms with Gasteiger partial charge >= 0.3 is 0 Å². The first-order valence-electron chi connectivity index (χ1n) is 6.27. The molecule has 106 valence electrons. The fourth-order valence-electron chi connectivity index (χ4n) is 1.95. The van der Waals surface area contributed by atoms with Gasteiger partial charge in [0.05, 0.1) is 5.69 Å². The van der Waals surface area contributed by atoms with Crippen LogP contribution in [0.4, 0.5) is 4.39 Å². The zero-order valence-corrected chi connectivity index (χ0v) is 11.6. The highest BCUT2D eigenvalue weighted by Crippen LogP contribution is 2.23. The molecule has 3 N–H and O–H groups in total. The number of carbonyl (C=O) groups is 1. The van der Waals surface area contributed by atoms with Gasteiger partial charge in [-0.2, -0.15) is 5.10 Å². The number of rotatable bonds is 3. The summed E-state index contributed by atoms with van der Waals surface area (Å²) in [7, 11) is 1.54. The molecule has 6 heteroatoms. The maximum atomic E-state index is 13.7. The zero-order chi connectivity index (χ0) is 14.9. The first-order chi connectivity index (χ1) is 9.43. The molecule has 5 nitrogen and oxygen atoms in total. The average molecular weight is 276 g/mol. The van der Waals surface area contributed by atoms with Crippen molar-refractivity contribution in [3.8, 4) is 5.69 Å². The summed E-state index contributed by atoms with van der Waals surface area (Å²) in [6.07, 6.45) is 1.66. The highest BCUT2D eigenvalue weighted by atomic mass is 19.1. The monoisotopic (exact) mass is 276 g/mol. The molecule has 0 saturated carbocycles. The number of aromatic nitrogens is 2.